The Hall–Kier alpha value is -0.910. The third-order valence-electron chi connectivity index (χ3n) is 2.44. The highest BCUT2D eigenvalue weighted by Gasteiger charge is 2.13. The summed E-state index contributed by atoms with van der Waals surface area (Å²) < 4.78 is 1.06. The summed E-state index contributed by atoms with van der Waals surface area (Å²) >= 11 is 5.06. The fourth-order valence-corrected chi connectivity index (χ4v) is 2.81. The third-order valence-corrected chi connectivity index (χ3v) is 4.10. The summed E-state index contributed by atoms with van der Waals surface area (Å²) in [5.74, 6) is 0. The maximum Gasteiger partial charge on any atom is 0.188 e. The van der Waals surface area contributed by atoms with Crippen LogP contribution in [0.2, 0.25) is 0 Å². The lowest BCUT2D eigenvalue weighted by Gasteiger charge is -2.13. The van der Waals surface area contributed by atoms with Gasteiger partial charge in [0.25, 0.3) is 0 Å². The monoisotopic (exact) mass is 323 g/mol. The van der Waals surface area contributed by atoms with Crippen LogP contribution in [0.5, 0.6) is 0 Å². The number of hydrogen-bond acceptors (Lipinski definition) is 4. The van der Waals surface area contributed by atoms with Crippen molar-refractivity contribution >= 4 is 27.7 Å². The summed E-state index contributed by atoms with van der Waals surface area (Å²) in [6.07, 6.45) is 3.65. The van der Waals surface area contributed by atoms with Crippen LogP contribution in [0.25, 0.3) is 0 Å². The Morgan fingerprint density at radius 1 is 1.33 bits per heavy atom. The molecule has 1 aromatic carbocycles. The fourth-order valence-electron chi connectivity index (χ4n) is 1.53. The van der Waals surface area contributed by atoms with Crippen molar-refractivity contribution in [2.45, 2.75) is 17.3 Å². The SMILES string of the molecule is Cc1cnc(SC(CN)c2cccc(Br)c2)nc1. The maximum absolute atomic E-state index is 5.84. The first-order valence-electron chi connectivity index (χ1n) is 5.60. The van der Waals surface area contributed by atoms with E-state index in [2.05, 4.69) is 38.0 Å². The van der Waals surface area contributed by atoms with Gasteiger partial charge in [0.05, 0.1) is 0 Å². The molecule has 1 aromatic heterocycles. The number of halogens is 1. The molecule has 5 heteroatoms. The van der Waals surface area contributed by atoms with Gasteiger partial charge in [-0.15, -0.1) is 0 Å². The van der Waals surface area contributed by atoms with Gasteiger partial charge in [0.1, 0.15) is 0 Å². The highest BCUT2D eigenvalue weighted by molar-refractivity contribution is 9.10. The minimum absolute atomic E-state index is 0.171. The fraction of sp³-hybridized carbons (Fsp3) is 0.231. The molecule has 1 unspecified atom stereocenters. The standard InChI is InChI=1S/C13H14BrN3S/c1-9-7-16-13(17-8-9)18-12(6-15)10-3-2-4-11(14)5-10/h2-5,7-8,12H,6,15H2,1H3. The summed E-state index contributed by atoms with van der Waals surface area (Å²) in [5, 5.41) is 0.932. The molecule has 0 fully saturated rings. The van der Waals surface area contributed by atoms with Gasteiger partial charge >= 0.3 is 0 Å². The van der Waals surface area contributed by atoms with Gasteiger partial charge in [-0.2, -0.15) is 0 Å². The molecule has 1 heterocycles. The number of nitrogens with zero attached hydrogens (tertiary/aromatic N) is 2. The molecule has 2 N–H and O–H groups in total. The van der Waals surface area contributed by atoms with Crippen LogP contribution in [-0.2, 0) is 0 Å². The van der Waals surface area contributed by atoms with Gasteiger partial charge in [0.2, 0.25) is 0 Å². The number of hydrogen-bond donors (Lipinski definition) is 1. The van der Waals surface area contributed by atoms with Gasteiger partial charge in [-0.05, 0) is 30.2 Å². The van der Waals surface area contributed by atoms with Crippen LogP contribution in [0.3, 0.4) is 0 Å². The van der Waals surface area contributed by atoms with E-state index in [0.717, 1.165) is 15.2 Å². The van der Waals surface area contributed by atoms with Crippen molar-refractivity contribution in [3.8, 4) is 0 Å². The summed E-state index contributed by atoms with van der Waals surface area (Å²) in [6, 6.07) is 8.17. The minimum atomic E-state index is 0.171. The van der Waals surface area contributed by atoms with Crippen molar-refractivity contribution in [2.24, 2.45) is 5.73 Å². The summed E-state index contributed by atoms with van der Waals surface area (Å²) in [7, 11) is 0. The number of nitrogens with two attached hydrogens (primary N) is 1. The number of aromatic nitrogens is 2. The molecule has 0 amide bonds. The van der Waals surface area contributed by atoms with Crippen molar-refractivity contribution in [1.29, 1.82) is 0 Å². The summed E-state index contributed by atoms with van der Waals surface area (Å²) in [5.41, 5.74) is 8.08. The lowest BCUT2D eigenvalue weighted by atomic mass is 10.1. The Morgan fingerprint density at radius 3 is 2.67 bits per heavy atom. The molecule has 0 bridgehead atoms. The normalized spacial score (nSPS) is 12.4. The molecular formula is C13H14BrN3S. The zero-order chi connectivity index (χ0) is 13.0. The van der Waals surface area contributed by atoms with E-state index in [9.17, 15) is 0 Å². The van der Waals surface area contributed by atoms with Crippen LogP contribution in [0.15, 0.2) is 46.3 Å². The highest BCUT2D eigenvalue weighted by Crippen LogP contribution is 2.33. The smallest absolute Gasteiger partial charge is 0.188 e. The van der Waals surface area contributed by atoms with Gasteiger partial charge in [0.15, 0.2) is 5.16 Å². The molecule has 0 aliphatic rings. The number of benzene rings is 1. The summed E-state index contributed by atoms with van der Waals surface area (Å²) in [4.78, 5) is 8.60. The lowest BCUT2D eigenvalue weighted by Crippen LogP contribution is -2.10. The molecule has 2 aromatic rings. The predicted molar refractivity (Wildman–Crippen MR) is 78.6 cm³/mol. The first-order valence-corrected chi connectivity index (χ1v) is 7.27. The Labute approximate surface area is 119 Å². The van der Waals surface area contributed by atoms with Crippen molar-refractivity contribution in [1.82, 2.24) is 9.97 Å². The van der Waals surface area contributed by atoms with E-state index in [1.807, 2.05) is 31.5 Å². The zero-order valence-corrected chi connectivity index (χ0v) is 12.4. The molecule has 0 saturated carbocycles. The lowest BCUT2D eigenvalue weighted by molar-refractivity contribution is 0.903. The zero-order valence-electron chi connectivity index (χ0n) is 10.0. The van der Waals surface area contributed by atoms with E-state index in [-0.39, 0.29) is 5.25 Å². The second kappa shape index (κ2) is 6.31. The largest absolute Gasteiger partial charge is 0.329 e. The van der Waals surface area contributed by atoms with E-state index in [4.69, 9.17) is 5.73 Å². The Bertz CT molecular complexity index is 516. The van der Waals surface area contributed by atoms with Crippen molar-refractivity contribution in [3.63, 3.8) is 0 Å². The number of aryl methyl sites for hydroxylation is 1. The molecule has 0 radical (unpaired) electrons. The molecular weight excluding hydrogens is 310 g/mol. The van der Waals surface area contributed by atoms with Crippen LogP contribution in [0, 0.1) is 6.92 Å². The second-order valence-corrected chi connectivity index (χ2v) is 6.03. The van der Waals surface area contributed by atoms with Crippen molar-refractivity contribution < 1.29 is 0 Å². The van der Waals surface area contributed by atoms with E-state index in [0.29, 0.717) is 6.54 Å². The first kappa shape index (κ1) is 13.5. The van der Waals surface area contributed by atoms with Crippen LogP contribution < -0.4 is 5.73 Å². The van der Waals surface area contributed by atoms with Crippen LogP contribution >= 0.6 is 27.7 Å². The predicted octanol–water partition coefficient (Wildman–Crippen LogP) is 3.34. The van der Waals surface area contributed by atoms with Crippen LogP contribution in [0.4, 0.5) is 0 Å². The summed E-state index contributed by atoms with van der Waals surface area (Å²) in [6.45, 7) is 2.53. The molecule has 0 saturated heterocycles. The molecule has 18 heavy (non-hydrogen) atoms. The Morgan fingerprint density at radius 2 is 2.06 bits per heavy atom. The van der Waals surface area contributed by atoms with Crippen LogP contribution in [0.1, 0.15) is 16.4 Å². The van der Waals surface area contributed by atoms with Gasteiger partial charge in [-0.1, -0.05) is 39.8 Å². The van der Waals surface area contributed by atoms with Gasteiger partial charge in [-0.25, -0.2) is 9.97 Å². The minimum Gasteiger partial charge on any atom is -0.329 e. The maximum atomic E-state index is 5.84. The van der Waals surface area contributed by atoms with Crippen molar-refractivity contribution in [3.05, 3.63) is 52.3 Å². The number of thioether (sulfide) groups is 1. The molecule has 3 nitrogen and oxygen atoms in total. The molecule has 0 spiro atoms. The van der Waals surface area contributed by atoms with Gasteiger partial charge in [-0.3, -0.25) is 0 Å². The second-order valence-electron chi connectivity index (χ2n) is 3.94. The van der Waals surface area contributed by atoms with E-state index >= 15 is 0 Å². The molecule has 0 aliphatic carbocycles. The Balaban J connectivity index is 2.17. The molecule has 0 aliphatic heterocycles. The third kappa shape index (κ3) is 3.54. The van der Waals surface area contributed by atoms with Crippen LogP contribution in [-0.4, -0.2) is 16.5 Å². The van der Waals surface area contributed by atoms with E-state index in [1.165, 1.54) is 5.56 Å². The topological polar surface area (TPSA) is 51.8 Å². The molecule has 94 valence electrons. The highest BCUT2D eigenvalue weighted by atomic mass is 79.9. The molecule has 1 atom stereocenters. The quantitative estimate of drug-likeness (QED) is 0.692. The van der Waals surface area contributed by atoms with Crippen molar-refractivity contribution in [2.75, 3.05) is 6.54 Å². The number of rotatable bonds is 4. The average Bonchev–Trinajstić information content (AvgIpc) is 2.38. The first-order chi connectivity index (χ1) is 8.69. The van der Waals surface area contributed by atoms with E-state index in [1.54, 1.807) is 11.8 Å². The average molecular weight is 324 g/mol. The Kier molecular flexibility index (Phi) is 4.74. The molecule has 2 rings (SSSR count). The van der Waals surface area contributed by atoms with Gasteiger partial charge < -0.3 is 5.73 Å². The van der Waals surface area contributed by atoms with E-state index < -0.39 is 0 Å². The van der Waals surface area contributed by atoms with Gasteiger partial charge in [0, 0.05) is 28.7 Å².